The Balaban J connectivity index is 1.19. The molecule has 2 aromatic heterocycles. The van der Waals surface area contributed by atoms with Crippen molar-refractivity contribution in [3.8, 4) is 28.5 Å². The average molecular weight is 506 g/mol. The van der Waals surface area contributed by atoms with Gasteiger partial charge >= 0.3 is 6.18 Å². The number of nitrogens with one attached hydrogen (secondary N) is 2. The van der Waals surface area contributed by atoms with Crippen LogP contribution >= 0.6 is 0 Å². The third kappa shape index (κ3) is 4.62. The molecule has 0 saturated heterocycles. The summed E-state index contributed by atoms with van der Waals surface area (Å²) in [6.07, 6.45) is 0.502. The summed E-state index contributed by atoms with van der Waals surface area (Å²) < 4.78 is 50.7. The van der Waals surface area contributed by atoms with Crippen LogP contribution in [0.5, 0.6) is 17.2 Å². The molecule has 2 aliphatic rings. The quantitative estimate of drug-likeness (QED) is 0.361. The fraction of sp³-hybridized carbons (Fsp3) is 0.222. The van der Waals surface area contributed by atoms with Crippen LogP contribution < -0.4 is 14.8 Å². The molecule has 2 N–H and O–H groups in total. The monoisotopic (exact) mass is 506 g/mol. The maximum absolute atomic E-state index is 12.9. The van der Waals surface area contributed by atoms with Crippen LogP contribution in [0.2, 0.25) is 0 Å². The topological polar surface area (TPSA) is 89.1 Å². The van der Waals surface area contributed by atoms with Crippen molar-refractivity contribution in [2.75, 3.05) is 11.9 Å². The number of carbonyl (C=O) groups is 1. The number of benzene rings is 2. The number of carbonyl (C=O) groups excluding carboxylic acids is 1. The standard InChI is InChI=1S/C27H21F3N4O3/c28-27(29,30)18-3-1-15(2-4-18)21-13-32-25(33-21)17-11-16-12-19(5-7-22(16)36-14-17)37-23-9-10-31-26-20(23)6-8-24(35)34-26/h1-5,7,9-10,12-13,17H,6,8,11,14H2,(H,32,33)(H,31,34,35). The lowest BCUT2D eigenvalue weighted by atomic mass is 9.96. The molecule has 0 aliphatic carbocycles. The Hall–Kier alpha value is -4.34. The Morgan fingerprint density at radius 2 is 1.89 bits per heavy atom. The zero-order valence-corrected chi connectivity index (χ0v) is 19.4. The van der Waals surface area contributed by atoms with Gasteiger partial charge in [0.1, 0.15) is 28.9 Å². The highest BCUT2D eigenvalue weighted by Crippen LogP contribution is 2.38. The summed E-state index contributed by atoms with van der Waals surface area (Å²) in [5, 5.41) is 2.77. The number of imidazole rings is 1. The van der Waals surface area contributed by atoms with Gasteiger partial charge in [0.25, 0.3) is 0 Å². The lowest BCUT2D eigenvalue weighted by Crippen LogP contribution is -2.20. The first-order valence-electron chi connectivity index (χ1n) is 11.8. The van der Waals surface area contributed by atoms with E-state index in [1.165, 1.54) is 12.1 Å². The second kappa shape index (κ2) is 8.95. The molecule has 2 aliphatic heterocycles. The molecule has 2 aromatic carbocycles. The molecule has 4 heterocycles. The van der Waals surface area contributed by atoms with Gasteiger partial charge in [-0.05, 0) is 54.8 Å². The number of H-pyrrole nitrogens is 1. The van der Waals surface area contributed by atoms with E-state index in [2.05, 4.69) is 20.3 Å². The van der Waals surface area contributed by atoms with Crippen LogP contribution in [0.3, 0.4) is 0 Å². The van der Waals surface area contributed by atoms with Crippen LogP contribution in [0.15, 0.2) is 60.9 Å². The summed E-state index contributed by atoms with van der Waals surface area (Å²) in [4.78, 5) is 23.7. The third-order valence-electron chi connectivity index (χ3n) is 6.53. The minimum atomic E-state index is -4.38. The minimum Gasteiger partial charge on any atom is -0.493 e. The van der Waals surface area contributed by atoms with Crippen LogP contribution in [0, 0.1) is 0 Å². The third-order valence-corrected chi connectivity index (χ3v) is 6.53. The van der Waals surface area contributed by atoms with Gasteiger partial charge in [-0.25, -0.2) is 9.97 Å². The van der Waals surface area contributed by atoms with E-state index in [0.29, 0.717) is 60.3 Å². The molecule has 0 saturated carbocycles. The lowest BCUT2D eigenvalue weighted by molar-refractivity contribution is -0.137. The van der Waals surface area contributed by atoms with Gasteiger partial charge in [0.05, 0.1) is 23.8 Å². The number of amides is 1. The van der Waals surface area contributed by atoms with Crippen molar-refractivity contribution in [3.63, 3.8) is 0 Å². The lowest BCUT2D eigenvalue weighted by Gasteiger charge is -2.25. The van der Waals surface area contributed by atoms with Crippen LogP contribution in [0.25, 0.3) is 11.3 Å². The SMILES string of the molecule is O=C1CCc2c(Oc3ccc4c(c3)CC(c3nc(-c5ccc(C(F)(F)F)cc5)c[nH]3)CO4)ccnc2N1. The first-order valence-corrected chi connectivity index (χ1v) is 11.8. The van der Waals surface area contributed by atoms with E-state index in [0.717, 1.165) is 29.0 Å². The van der Waals surface area contributed by atoms with E-state index in [9.17, 15) is 18.0 Å². The van der Waals surface area contributed by atoms with Crippen LogP contribution in [-0.4, -0.2) is 27.5 Å². The van der Waals surface area contributed by atoms with Gasteiger partial charge in [0, 0.05) is 29.9 Å². The molecule has 0 fully saturated rings. The number of hydrogen-bond donors (Lipinski definition) is 2. The van der Waals surface area contributed by atoms with Gasteiger partial charge < -0.3 is 19.8 Å². The van der Waals surface area contributed by atoms with E-state index in [-0.39, 0.29) is 11.8 Å². The predicted octanol–water partition coefficient (Wildman–Crippen LogP) is 5.89. The molecule has 1 amide bonds. The molecular weight excluding hydrogens is 485 g/mol. The molecule has 0 bridgehead atoms. The summed E-state index contributed by atoms with van der Waals surface area (Å²) in [7, 11) is 0. The van der Waals surface area contributed by atoms with Crippen LogP contribution in [0.1, 0.15) is 34.9 Å². The summed E-state index contributed by atoms with van der Waals surface area (Å²) in [6.45, 7) is 0.421. The highest BCUT2D eigenvalue weighted by Gasteiger charge is 2.30. The molecule has 37 heavy (non-hydrogen) atoms. The summed E-state index contributed by atoms with van der Waals surface area (Å²) >= 11 is 0. The highest BCUT2D eigenvalue weighted by atomic mass is 19.4. The maximum Gasteiger partial charge on any atom is 0.416 e. The molecule has 10 heteroatoms. The summed E-state index contributed by atoms with van der Waals surface area (Å²) in [5.74, 6) is 3.15. The minimum absolute atomic E-state index is 0.0603. The van der Waals surface area contributed by atoms with Crippen molar-refractivity contribution in [2.45, 2.75) is 31.4 Å². The first-order chi connectivity index (χ1) is 17.8. The van der Waals surface area contributed by atoms with Gasteiger partial charge in [0.15, 0.2) is 0 Å². The molecule has 0 spiro atoms. The van der Waals surface area contributed by atoms with Gasteiger partial charge in [-0.1, -0.05) is 12.1 Å². The number of hydrogen-bond acceptors (Lipinski definition) is 5. The number of aromatic amines is 1. The Labute approximate surface area is 209 Å². The molecule has 188 valence electrons. The van der Waals surface area contributed by atoms with E-state index in [1.807, 2.05) is 18.2 Å². The largest absolute Gasteiger partial charge is 0.493 e. The van der Waals surface area contributed by atoms with Gasteiger partial charge in [-0.15, -0.1) is 0 Å². The first kappa shape index (κ1) is 23.1. The fourth-order valence-electron chi connectivity index (χ4n) is 4.61. The highest BCUT2D eigenvalue weighted by molar-refractivity contribution is 5.93. The van der Waals surface area contributed by atoms with E-state index in [4.69, 9.17) is 9.47 Å². The van der Waals surface area contributed by atoms with Crippen molar-refractivity contribution in [2.24, 2.45) is 0 Å². The number of fused-ring (bicyclic) bond motifs is 2. The summed E-state index contributed by atoms with van der Waals surface area (Å²) in [5.41, 5.74) is 2.29. The zero-order chi connectivity index (χ0) is 25.6. The molecule has 7 nitrogen and oxygen atoms in total. The number of pyridine rings is 1. The predicted molar refractivity (Wildman–Crippen MR) is 129 cm³/mol. The Kier molecular flexibility index (Phi) is 5.58. The Bertz CT molecular complexity index is 1480. The molecule has 1 unspecified atom stereocenters. The van der Waals surface area contributed by atoms with Crippen molar-refractivity contribution in [1.82, 2.24) is 15.0 Å². The van der Waals surface area contributed by atoms with E-state index in [1.54, 1.807) is 18.5 Å². The number of alkyl halides is 3. The number of aromatic nitrogens is 3. The molecule has 0 radical (unpaired) electrons. The molecule has 1 atom stereocenters. The van der Waals surface area contributed by atoms with Crippen molar-refractivity contribution >= 4 is 11.7 Å². The maximum atomic E-state index is 12.9. The fourth-order valence-corrected chi connectivity index (χ4v) is 4.61. The van der Waals surface area contributed by atoms with E-state index >= 15 is 0 Å². The second-order valence-corrected chi connectivity index (χ2v) is 9.01. The van der Waals surface area contributed by atoms with Crippen molar-refractivity contribution in [3.05, 3.63) is 83.4 Å². The van der Waals surface area contributed by atoms with Crippen molar-refractivity contribution in [1.29, 1.82) is 0 Å². The average Bonchev–Trinajstić information content (AvgIpc) is 3.38. The second-order valence-electron chi connectivity index (χ2n) is 9.01. The smallest absolute Gasteiger partial charge is 0.416 e. The molecule has 6 rings (SSSR count). The van der Waals surface area contributed by atoms with Crippen LogP contribution in [-0.2, 0) is 23.8 Å². The van der Waals surface area contributed by atoms with E-state index < -0.39 is 11.7 Å². The number of halogens is 3. The van der Waals surface area contributed by atoms with Gasteiger partial charge in [0.2, 0.25) is 5.91 Å². The Morgan fingerprint density at radius 3 is 2.70 bits per heavy atom. The number of anilines is 1. The number of ether oxygens (including phenoxy) is 2. The Morgan fingerprint density at radius 1 is 1.05 bits per heavy atom. The van der Waals surface area contributed by atoms with Crippen LogP contribution in [0.4, 0.5) is 19.0 Å². The summed E-state index contributed by atoms with van der Waals surface area (Å²) in [6, 6.07) is 12.4. The zero-order valence-electron chi connectivity index (χ0n) is 19.4. The molecule has 4 aromatic rings. The van der Waals surface area contributed by atoms with Gasteiger partial charge in [-0.2, -0.15) is 13.2 Å². The van der Waals surface area contributed by atoms with Crippen molar-refractivity contribution < 1.29 is 27.4 Å². The molecular formula is C27H21F3N4O3. The number of nitrogens with zero attached hydrogens (tertiary/aromatic N) is 2. The normalized spacial score (nSPS) is 16.8. The number of rotatable bonds is 4. The van der Waals surface area contributed by atoms with Gasteiger partial charge in [-0.3, -0.25) is 4.79 Å².